The Morgan fingerprint density at radius 1 is 1.24 bits per heavy atom. The van der Waals surface area contributed by atoms with Gasteiger partial charge in [0.1, 0.15) is 21.0 Å². The van der Waals surface area contributed by atoms with Crippen molar-refractivity contribution in [3.63, 3.8) is 0 Å². The van der Waals surface area contributed by atoms with E-state index >= 15 is 0 Å². The number of hydrogen-bond donors (Lipinski definition) is 1. The lowest BCUT2D eigenvalue weighted by atomic mass is 9.85. The Bertz CT molecular complexity index is 1470. The van der Waals surface area contributed by atoms with Gasteiger partial charge in [-0.15, -0.1) is 0 Å². The Morgan fingerprint density at radius 3 is 2.79 bits per heavy atom. The molecule has 0 saturated carbocycles. The van der Waals surface area contributed by atoms with Crippen LogP contribution in [0.5, 0.6) is 0 Å². The molecule has 1 aromatic carbocycles. The van der Waals surface area contributed by atoms with Crippen LogP contribution in [0.25, 0.3) is 22.6 Å². The van der Waals surface area contributed by atoms with Crippen molar-refractivity contribution in [2.75, 3.05) is 11.9 Å². The molecule has 0 fully saturated rings. The van der Waals surface area contributed by atoms with E-state index < -0.39 is 17.3 Å². The highest BCUT2D eigenvalue weighted by Crippen LogP contribution is 2.41. The zero-order valence-corrected chi connectivity index (χ0v) is 20.3. The fourth-order valence-corrected chi connectivity index (χ4v) is 4.99. The SMILES string of the molecule is CCOC(=O)C1(C)C(=O)Nc2nc(-c3nn(Cc4ccccc4F)c4ncccc34)nc(I)c21. The van der Waals surface area contributed by atoms with Gasteiger partial charge in [-0.3, -0.25) is 9.59 Å². The van der Waals surface area contributed by atoms with E-state index in [1.807, 2.05) is 28.7 Å². The molecule has 1 atom stereocenters. The molecule has 1 unspecified atom stereocenters. The number of aromatic nitrogens is 5. The Labute approximate surface area is 206 Å². The van der Waals surface area contributed by atoms with Crippen LogP contribution in [0.1, 0.15) is 25.0 Å². The molecule has 1 amide bonds. The number of pyridine rings is 1. The number of hydrogen-bond acceptors (Lipinski definition) is 7. The lowest BCUT2D eigenvalue weighted by Crippen LogP contribution is -2.41. The molecule has 34 heavy (non-hydrogen) atoms. The van der Waals surface area contributed by atoms with Gasteiger partial charge in [0.05, 0.1) is 24.1 Å². The Kier molecular flexibility index (Phi) is 5.50. The molecule has 0 radical (unpaired) electrons. The molecule has 172 valence electrons. The first kappa shape index (κ1) is 22.3. The van der Waals surface area contributed by atoms with Crippen molar-refractivity contribution in [3.05, 3.63) is 63.2 Å². The summed E-state index contributed by atoms with van der Waals surface area (Å²) in [5.41, 5.74) is 0.257. The van der Waals surface area contributed by atoms with Gasteiger partial charge >= 0.3 is 5.97 Å². The fourth-order valence-electron chi connectivity index (χ4n) is 3.96. The summed E-state index contributed by atoms with van der Waals surface area (Å²) in [6, 6.07) is 10.1. The van der Waals surface area contributed by atoms with Gasteiger partial charge in [0, 0.05) is 11.8 Å². The molecule has 1 N–H and O–H groups in total. The van der Waals surface area contributed by atoms with E-state index in [9.17, 15) is 14.0 Å². The van der Waals surface area contributed by atoms with Crippen LogP contribution in [-0.4, -0.2) is 43.2 Å². The number of carbonyl (C=O) groups is 2. The van der Waals surface area contributed by atoms with Crippen LogP contribution in [0.3, 0.4) is 0 Å². The Morgan fingerprint density at radius 2 is 2.03 bits per heavy atom. The summed E-state index contributed by atoms with van der Waals surface area (Å²) in [4.78, 5) is 38.9. The van der Waals surface area contributed by atoms with Crippen LogP contribution < -0.4 is 5.32 Å². The van der Waals surface area contributed by atoms with Gasteiger partial charge in [-0.25, -0.2) is 24.0 Å². The highest BCUT2D eigenvalue weighted by molar-refractivity contribution is 14.1. The predicted octanol–water partition coefficient (Wildman–Crippen LogP) is 3.45. The number of esters is 1. The highest BCUT2D eigenvalue weighted by Gasteiger charge is 2.53. The van der Waals surface area contributed by atoms with Crippen LogP contribution in [0.15, 0.2) is 42.6 Å². The molecule has 9 nitrogen and oxygen atoms in total. The van der Waals surface area contributed by atoms with Crippen molar-refractivity contribution in [2.45, 2.75) is 25.8 Å². The highest BCUT2D eigenvalue weighted by atomic mass is 127. The van der Waals surface area contributed by atoms with Gasteiger partial charge < -0.3 is 10.1 Å². The number of nitrogens with zero attached hydrogens (tertiary/aromatic N) is 5. The maximum atomic E-state index is 14.3. The van der Waals surface area contributed by atoms with E-state index in [2.05, 4.69) is 25.4 Å². The van der Waals surface area contributed by atoms with Gasteiger partial charge in [0.2, 0.25) is 5.91 Å². The molecular weight excluding hydrogens is 554 g/mol. The first-order chi connectivity index (χ1) is 16.3. The second kappa shape index (κ2) is 8.38. The van der Waals surface area contributed by atoms with Gasteiger partial charge in [0.15, 0.2) is 16.9 Å². The molecule has 11 heteroatoms. The molecule has 5 rings (SSSR count). The summed E-state index contributed by atoms with van der Waals surface area (Å²) in [6.45, 7) is 3.49. The van der Waals surface area contributed by atoms with Crippen molar-refractivity contribution >= 4 is 51.3 Å². The van der Waals surface area contributed by atoms with E-state index in [1.165, 1.54) is 13.0 Å². The van der Waals surface area contributed by atoms with E-state index in [0.29, 0.717) is 31.6 Å². The van der Waals surface area contributed by atoms with Gasteiger partial charge in [-0.2, -0.15) is 5.10 Å². The van der Waals surface area contributed by atoms with Crippen molar-refractivity contribution in [3.8, 4) is 11.5 Å². The molecule has 0 saturated heterocycles. The first-order valence-electron chi connectivity index (χ1n) is 10.5. The van der Waals surface area contributed by atoms with Crippen molar-refractivity contribution in [2.24, 2.45) is 0 Å². The molecule has 4 aromatic rings. The standard InChI is InChI=1S/C23H18FIN6O3/c1-3-34-22(33)23(2)15-17(25)27-19(28-18(15)29-21(23)32)16-13-8-6-10-26-20(13)31(30-16)11-12-7-4-5-9-14(12)24/h4-10H,3,11H2,1-2H3,(H,27,28,29,32). The molecule has 0 aliphatic carbocycles. The smallest absolute Gasteiger partial charge is 0.326 e. The number of carbonyl (C=O) groups excluding carboxylic acids is 2. The van der Waals surface area contributed by atoms with Crippen LogP contribution in [-0.2, 0) is 26.3 Å². The van der Waals surface area contributed by atoms with Crippen molar-refractivity contribution in [1.29, 1.82) is 0 Å². The monoisotopic (exact) mass is 572 g/mol. The molecule has 1 aliphatic heterocycles. The summed E-state index contributed by atoms with van der Waals surface area (Å²) in [5, 5.41) is 8.00. The maximum Gasteiger partial charge on any atom is 0.326 e. The summed E-state index contributed by atoms with van der Waals surface area (Å²) in [6.07, 6.45) is 1.63. The zero-order valence-electron chi connectivity index (χ0n) is 18.2. The van der Waals surface area contributed by atoms with E-state index in [4.69, 9.17) is 4.74 Å². The van der Waals surface area contributed by atoms with E-state index in [1.54, 1.807) is 42.1 Å². The maximum absolute atomic E-state index is 14.3. The van der Waals surface area contributed by atoms with Crippen LogP contribution in [0.4, 0.5) is 10.2 Å². The summed E-state index contributed by atoms with van der Waals surface area (Å²) in [7, 11) is 0. The van der Waals surface area contributed by atoms with Crippen LogP contribution >= 0.6 is 22.6 Å². The molecule has 3 aromatic heterocycles. The first-order valence-corrected chi connectivity index (χ1v) is 11.5. The van der Waals surface area contributed by atoms with Crippen LogP contribution in [0, 0.1) is 9.52 Å². The average molecular weight is 572 g/mol. The quantitative estimate of drug-likeness (QED) is 0.169. The minimum atomic E-state index is -1.55. The van der Waals surface area contributed by atoms with Gasteiger partial charge in [-0.1, -0.05) is 18.2 Å². The summed E-state index contributed by atoms with van der Waals surface area (Å²) in [5.74, 6) is -1.04. The number of amides is 1. The number of halogens is 2. The minimum absolute atomic E-state index is 0.144. The van der Waals surface area contributed by atoms with Gasteiger partial charge in [-0.05, 0) is 54.6 Å². The largest absolute Gasteiger partial charge is 0.465 e. The lowest BCUT2D eigenvalue weighted by Gasteiger charge is -2.20. The lowest BCUT2D eigenvalue weighted by molar-refractivity contribution is -0.152. The number of benzene rings is 1. The number of ether oxygens (including phenoxy) is 1. The van der Waals surface area contributed by atoms with Crippen molar-refractivity contribution < 1.29 is 18.7 Å². The van der Waals surface area contributed by atoms with Crippen LogP contribution in [0.2, 0.25) is 0 Å². The number of rotatable bonds is 5. The third-order valence-corrected chi connectivity index (χ3v) is 6.51. The second-order valence-corrected chi connectivity index (χ2v) is 8.86. The molecular formula is C23H18FIN6O3. The summed E-state index contributed by atoms with van der Waals surface area (Å²) >= 11 is 1.98. The molecule has 4 heterocycles. The zero-order chi connectivity index (χ0) is 24.0. The van der Waals surface area contributed by atoms with Crippen molar-refractivity contribution in [1.82, 2.24) is 24.7 Å². The van der Waals surface area contributed by atoms with E-state index in [0.717, 1.165) is 0 Å². The third kappa shape index (κ3) is 3.42. The Balaban J connectivity index is 1.63. The minimum Gasteiger partial charge on any atom is -0.465 e. The fraction of sp³-hybridized carbons (Fsp3) is 0.217. The third-order valence-electron chi connectivity index (χ3n) is 5.73. The Hall–Kier alpha value is -3.48. The number of anilines is 1. The predicted molar refractivity (Wildman–Crippen MR) is 129 cm³/mol. The average Bonchev–Trinajstić information content (AvgIpc) is 3.31. The van der Waals surface area contributed by atoms with Gasteiger partial charge in [0.25, 0.3) is 0 Å². The summed E-state index contributed by atoms with van der Waals surface area (Å²) < 4.78 is 21.4. The molecule has 0 spiro atoms. The topological polar surface area (TPSA) is 112 Å². The molecule has 0 bridgehead atoms. The number of fused-ring (bicyclic) bond motifs is 2. The second-order valence-electron chi connectivity index (χ2n) is 7.83. The van der Waals surface area contributed by atoms with E-state index in [-0.39, 0.29) is 30.6 Å². The number of nitrogens with one attached hydrogen (secondary N) is 1. The normalized spacial score (nSPS) is 17.0. The molecule has 1 aliphatic rings.